The van der Waals surface area contributed by atoms with Crippen LogP contribution in [0.2, 0.25) is 0 Å². The maximum atomic E-state index is 12.3. The van der Waals surface area contributed by atoms with E-state index in [-0.39, 0.29) is 23.5 Å². The van der Waals surface area contributed by atoms with E-state index in [1.54, 1.807) is 7.11 Å². The van der Waals surface area contributed by atoms with Gasteiger partial charge in [0.15, 0.2) is 0 Å². The quantitative estimate of drug-likeness (QED) is 0.654. The fourth-order valence-corrected chi connectivity index (χ4v) is 4.06. The summed E-state index contributed by atoms with van der Waals surface area (Å²) in [5.41, 5.74) is 2.75. The first-order valence-corrected chi connectivity index (χ1v) is 10.6. The summed E-state index contributed by atoms with van der Waals surface area (Å²) in [6, 6.07) is 8.94. The van der Waals surface area contributed by atoms with E-state index in [1.165, 1.54) is 11.1 Å². The molecule has 0 N–H and O–H groups in total. The van der Waals surface area contributed by atoms with Crippen LogP contribution in [0.3, 0.4) is 0 Å². The second-order valence-electron chi connectivity index (χ2n) is 9.32. The molecule has 3 rings (SSSR count). The van der Waals surface area contributed by atoms with Crippen molar-refractivity contribution in [3.63, 3.8) is 0 Å². The Morgan fingerprint density at radius 3 is 2.45 bits per heavy atom. The van der Waals surface area contributed by atoms with Gasteiger partial charge in [0.2, 0.25) is 5.91 Å². The number of hydrogen-bond donors (Lipinski definition) is 0. The lowest BCUT2D eigenvalue weighted by atomic mass is 9.86. The van der Waals surface area contributed by atoms with Crippen LogP contribution in [-0.2, 0) is 31.0 Å². The van der Waals surface area contributed by atoms with Crippen LogP contribution in [0.25, 0.3) is 0 Å². The predicted octanol–water partition coefficient (Wildman–Crippen LogP) is 2.80. The molecule has 2 fully saturated rings. The lowest BCUT2D eigenvalue weighted by Gasteiger charge is -2.38. The van der Waals surface area contributed by atoms with Gasteiger partial charge in [0.1, 0.15) is 13.3 Å². The molecule has 0 saturated carbocycles. The Bertz CT molecular complexity index is 660. The topological polar surface area (TPSA) is 51.2 Å². The highest BCUT2D eigenvalue weighted by Crippen LogP contribution is 2.33. The second kappa shape index (κ2) is 9.56. The van der Waals surface area contributed by atoms with Gasteiger partial charge in [-0.05, 0) is 29.4 Å². The Hall–Kier alpha value is -1.47. The summed E-state index contributed by atoms with van der Waals surface area (Å²) in [6.45, 7) is 11.8. The molecule has 6 heteroatoms. The van der Waals surface area contributed by atoms with Gasteiger partial charge in [-0.1, -0.05) is 45.0 Å². The van der Waals surface area contributed by atoms with Crippen molar-refractivity contribution in [2.45, 2.75) is 51.2 Å². The molecular formula is C23H36N2O4. The molecule has 29 heavy (non-hydrogen) atoms. The monoisotopic (exact) mass is 404 g/mol. The average molecular weight is 405 g/mol. The number of nitrogens with zero attached hydrogens (tertiary/aromatic N) is 2. The molecule has 2 aliphatic heterocycles. The van der Waals surface area contributed by atoms with E-state index in [2.05, 4.69) is 49.9 Å². The summed E-state index contributed by atoms with van der Waals surface area (Å²) in [5.74, 6) is 0.0599. The van der Waals surface area contributed by atoms with E-state index in [4.69, 9.17) is 14.2 Å². The minimum absolute atomic E-state index is 0.0599. The Labute approximate surface area is 175 Å². The minimum atomic E-state index is -0.112. The van der Waals surface area contributed by atoms with E-state index >= 15 is 0 Å². The van der Waals surface area contributed by atoms with Crippen molar-refractivity contribution in [2.24, 2.45) is 0 Å². The highest BCUT2D eigenvalue weighted by molar-refractivity contribution is 5.77. The van der Waals surface area contributed by atoms with Crippen LogP contribution in [-0.4, -0.2) is 74.6 Å². The Morgan fingerprint density at radius 2 is 1.83 bits per heavy atom. The number of likely N-dealkylation sites (tertiary alicyclic amines) is 1. The number of ether oxygens (including phenoxy) is 3. The van der Waals surface area contributed by atoms with Crippen molar-refractivity contribution >= 4 is 5.91 Å². The van der Waals surface area contributed by atoms with Gasteiger partial charge in [0.25, 0.3) is 0 Å². The van der Waals surface area contributed by atoms with Crippen molar-refractivity contribution in [3.8, 4) is 0 Å². The van der Waals surface area contributed by atoms with Crippen molar-refractivity contribution in [3.05, 3.63) is 35.4 Å². The van der Waals surface area contributed by atoms with Gasteiger partial charge >= 0.3 is 0 Å². The number of hydrogen-bond acceptors (Lipinski definition) is 5. The highest BCUT2D eigenvalue weighted by atomic mass is 16.5. The fraction of sp³-hybridized carbons (Fsp3) is 0.696. The van der Waals surface area contributed by atoms with Crippen LogP contribution in [0.1, 0.15) is 44.7 Å². The smallest absolute Gasteiger partial charge is 0.248 e. The van der Waals surface area contributed by atoms with Crippen molar-refractivity contribution in [1.29, 1.82) is 0 Å². The number of carbonyl (C=O) groups excluding carboxylic acids is 1. The zero-order valence-electron chi connectivity index (χ0n) is 18.4. The highest BCUT2D eigenvalue weighted by Gasteiger charge is 2.42. The van der Waals surface area contributed by atoms with Crippen LogP contribution in [0.5, 0.6) is 0 Å². The van der Waals surface area contributed by atoms with Crippen molar-refractivity contribution in [1.82, 2.24) is 9.80 Å². The number of carbonyl (C=O) groups is 1. The van der Waals surface area contributed by atoms with E-state index in [0.717, 1.165) is 39.0 Å². The number of piperidine rings is 1. The summed E-state index contributed by atoms with van der Waals surface area (Å²) >= 11 is 0. The molecule has 2 saturated heterocycles. The van der Waals surface area contributed by atoms with Gasteiger partial charge in [-0.25, -0.2) is 0 Å². The molecule has 0 radical (unpaired) electrons. The number of methoxy groups -OCH3 is 1. The normalized spacial score (nSPS) is 19.8. The summed E-state index contributed by atoms with van der Waals surface area (Å²) in [6.07, 6.45) is 1.77. The molecule has 0 bridgehead atoms. The molecule has 162 valence electrons. The standard InChI is InChI=1S/C23H36N2O4/c1-22(2,3)20-7-5-19(6-8-20)15-24-17-23(29-18-24)9-11-25(12-10-23)21(26)16-28-14-13-27-4/h5-8H,9-18H2,1-4H3. The predicted molar refractivity (Wildman–Crippen MR) is 113 cm³/mol. The molecule has 2 heterocycles. The molecule has 0 aromatic heterocycles. The maximum absolute atomic E-state index is 12.3. The average Bonchev–Trinajstić information content (AvgIpc) is 3.07. The third-order valence-corrected chi connectivity index (χ3v) is 5.98. The zero-order valence-corrected chi connectivity index (χ0v) is 18.4. The Balaban J connectivity index is 1.44. The summed E-state index contributed by atoms with van der Waals surface area (Å²) < 4.78 is 16.5. The van der Waals surface area contributed by atoms with Gasteiger partial charge in [0, 0.05) is 33.3 Å². The van der Waals surface area contributed by atoms with Crippen molar-refractivity contribution in [2.75, 3.05) is 53.3 Å². The van der Waals surface area contributed by atoms with E-state index in [0.29, 0.717) is 19.9 Å². The first-order valence-electron chi connectivity index (χ1n) is 10.6. The molecule has 1 aromatic rings. The van der Waals surface area contributed by atoms with Gasteiger partial charge < -0.3 is 19.1 Å². The third kappa shape index (κ3) is 6.01. The SMILES string of the molecule is COCCOCC(=O)N1CCC2(CC1)CN(Cc1ccc(C(C)(C)C)cc1)CO2. The van der Waals surface area contributed by atoms with Gasteiger partial charge in [0.05, 0.1) is 18.8 Å². The molecule has 1 spiro atoms. The van der Waals surface area contributed by atoms with Crippen LogP contribution >= 0.6 is 0 Å². The summed E-state index contributed by atoms with van der Waals surface area (Å²) in [7, 11) is 1.63. The molecule has 1 aromatic carbocycles. The lowest BCUT2D eigenvalue weighted by molar-refractivity contribution is -0.140. The summed E-state index contributed by atoms with van der Waals surface area (Å²) in [5, 5.41) is 0. The first kappa shape index (κ1) is 22.2. The number of benzene rings is 1. The van der Waals surface area contributed by atoms with Gasteiger partial charge in [-0.15, -0.1) is 0 Å². The Kier molecular flexibility index (Phi) is 7.32. The van der Waals surface area contributed by atoms with Crippen molar-refractivity contribution < 1.29 is 19.0 Å². The first-order chi connectivity index (χ1) is 13.8. The van der Waals surface area contributed by atoms with Crippen LogP contribution in [0.15, 0.2) is 24.3 Å². The molecule has 1 amide bonds. The molecule has 6 nitrogen and oxygen atoms in total. The number of rotatable bonds is 7. The van der Waals surface area contributed by atoms with Crippen LogP contribution < -0.4 is 0 Å². The van der Waals surface area contributed by atoms with Crippen LogP contribution in [0, 0.1) is 0 Å². The van der Waals surface area contributed by atoms with Gasteiger partial charge in [-0.2, -0.15) is 0 Å². The molecule has 0 aliphatic carbocycles. The zero-order chi connectivity index (χ0) is 20.9. The van der Waals surface area contributed by atoms with E-state index in [9.17, 15) is 4.79 Å². The minimum Gasteiger partial charge on any atom is -0.382 e. The fourth-order valence-electron chi connectivity index (χ4n) is 4.06. The second-order valence-corrected chi connectivity index (χ2v) is 9.32. The molecule has 0 unspecified atom stereocenters. The van der Waals surface area contributed by atoms with Gasteiger partial charge in [-0.3, -0.25) is 9.69 Å². The van der Waals surface area contributed by atoms with E-state index in [1.807, 2.05) is 4.90 Å². The lowest BCUT2D eigenvalue weighted by Crippen LogP contribution is -2.49. The molecular weight excluding hydrogens is 368 g/mol. The Morgan fingerprint density at radius 1 is 1.14 bits per heavy atom. The van der Waals surface area contributed by atoms with Crippen LogP contribution in [0.4, 0.5) is 0 Å². The van der Waals surface area contributed by atoms with E-state index < -0.39 is 0 Å². The summed E-state index contributed by atoms with van der Waals surface area (Å²) in [4.78, 5) is 16.5. The maximum Gasteiger partial charge on any atom is 0.248 e. The largest absolute Gasteiger partial charge is 0.382 e. The number of amides is 1. The third-order valence-electron chi connectivity index (χ3n) is 5.98. The molecule has 0 atom stereocenters. The molecule has 2 aliphatic rings.